The van der Waals surface area contributed by atoms with Crippen molar-refractivity contribution < 1.29 is 22.6 Å². The Morgan fingerprint density at radius 3 is 2.70 bits per heavy atom. The SMILES string of the molecule is Cc1ccc2c(c1)CCn1c-2cc(OCc2ccc(Oc3cccc(C(F)(F)F)c3)c(C#N)c2)nc1=O. The van der Waals surface area contributed by atoms with Crippen molar-refractivity contribution in [2.45, 2.75) is 32.7 Å². The molecule has 4 aromatic rings. The summed E-state index contributed by atoms with van der Waals surface area (Å²) in [5.41, 5.74) is 3.48. The average Bonchev–Trinajstić information content (AvgIpc) is 2.87. The highest BCUT2D eigenvalue weighted by molar-refractivity contribution is 5.67. The van der Waals surface area contributed by atoms with E-state index in [0.29, 0.717) is 12.1 Å². The number of hydrogen-bond donors (Lipinski definition) is 0. The molecule has 37 heavy (non-hydrogen) atoms. The van der Waals surface area contributed by atoms with Crippen molar-refractivity contribution in [3.8, 4) is 34.7 Å². The largest absolute Gasteiger partial charge is 0.473 e. The molecular formula is C28H20F3N3O3. The van der Waals surface area contributed by atoms with Gasteiger partial charge in [0.2, 0.25) is 5.88 Å². The Balaban J connectivity index is 1.35. The van der Waals surface area contributed by atoms with Crippen molar-refractivity contribution in [3.05, 3.63) is 105 Å². The maximum atomic E-state index is 13.0. The Hall–Kier alpha value is -4.58. The van der Waals surface area contributed by atoms with Gasteiger partial charge in [-0.1, -0.05) is 35.9 Å². The molecule has 0 amide bonds. The molecule has 2 heterocycles. The van der Waals surface area contributed by atoms with Gasteiger partial charge < -0.3 is 9.47 Å². The van der Waals surface area contributed by atoms with Crippen molar-refractivity contribution in [1.29, 1.82) is 5.26 Å². The molecule has 186 valence electrons. The molecule has 0 saturated heterocycles. The van der Waals surface area contributed by atoms with Crippen molar-refractivity contribution >= 4 is 0 Å². The van der Waals surface area contributed by atoms with E-state index < -0.39 is 17.4 Å². The van der Waals surface area contributed by atoms with Crippen LogP contribution in [0.2, 0.25) is 0 Å². The topological polar surface area (TPSA) is 77.1 Å². The van der Waals surface area contributed by atoms with Gasteiger partial charge in [0.05, 0.1) is 16.8 Å². The molecule has 9 heteroatoms. The van der Waals surface area contributed by atoms with Crippen molar-refractivity contribution in [2.75, 3.05) is 0 Å². The van der Waals surface area contributed by atoms with E-state index in [9.17, 15) is 23.2 Å². The Labute approximate surface area is 210 Å². The summed E-state index contributed by atoms with van der Waals surface area (Å²) in [4.78, 5) is 16.7. The number of benzene rings is 3. The second kappa shape index (κ2) is 9.47. The molecule has 0 fully saturated rings. The molecular weight excluding hydrogens is 483 g/mol. The van der Waals surface area contributed by atoms with Crippen LogP contribution in [0.5, 0.6) is 17.4 Å². The third-order valence-corrected chi connectivity index (χ3v) is 6.07. The van der Waals surface area contributed by atoms with E-state index in [2.05, 4.69) is 11.1 Å². The first-order valence-electron chi connectivity index (χ1n) is 11.4. The average molecular weight is 503 g/mol. The van der Waals surface area contributed by atoms with Crippen LogP contribution in [0.3, 0.4) is 0 Å². The fraction of sp³-hybridized carbons (Fsp3) is 0.179. The molecule has 0 saturated carbocycles. The lowest BCUT2D eigenvalue weighted by Crippen LogP contribution is -2.28. The maximum Gasteiger partial charge on any atom is 0.416 e. The molecule has 0 spiro atoms. The van der Waals surface area contributed by atoms with Crippen LogP contribution in [0, 0.1) is 18.3 Å². The number of ether oxygens (including phenoxy) is 2. The number of halogens is 3. The number of nitrogens with zero attached hydrogens (tertiary/aromatic N) is 3. The lowest BCUT2D eigenvalue weighted by atomic mass is 9.96. The monoisotopic (exact) mass is 503 g/mol. The van der Waals surface area contributed by atoms with Crippen LogP contribution in [0.4, 0.5) is 13.2 Å². The Morgan fingerprint density at radius 1 is 1.08 bits per heavy atom. The number of aromatic nitrogens is 2. The zero-order valence-corrected chi connectivity index (χ0v) is 19.7. The predicted octanol–water partition coefficient (Wildman–Crippen LogP) is 6.04. The molecule has 0 bridgehead atoms. The second-order valence-electron chi connectivity index (χ2n) is 8.68. The molecule has 1 aliphatic heterocycles. The van der Waals surface area contributed by atoms with E-state index in [4.69, 9.17) is 9.47 Å². The van der Waals surface area contributed by atoms with Crippen molar-refractivity contribution in [1.82, 2.24) is 9.55 Å². The van der Waals surface area contributed by atoms with Crippen LogP contribution in [0.25, 0.3) is 11.3 Å². The summed E-state index contributed by atoms with van der Waals surface area (Å²) in [6.07, 6.45) is -3.76. The van der Waals surface area contributed by atoms with Gasteiger partial charge in [0.15, 0.2) is 0 Å². The quantitative estimate of drug-likeness (QED) is 0.332. The minimum atomic E-state index is -4.51. The number of alkyl halides is 3. The highest BCUT2D eigenvalue weighted by Crippen LogP contribution is 2.34. The molecule has 1 aliphatic rings. The first kappa shape index (κ1) is 24.1. The third-order valence-electron chi connectivity index (χ3n) is 6.07. The van der Waals surface area contributed by atoms with Crippen LogP contribution >= 0.6 is 0 Å². The van der Waals surface area contributed by atoms with Gasteiger partial charge in [-0.3, -0.25) is 4.57 Å². The van der Waals surface area contributed by atoms with Gasteiger partial charge in [-0.2, -0.15) is 23.4 Å². The van der Waals surface area contributed by atoms with Gasteiger partial charge in [-0.05, 0) is 54.8 Å². The summed E-state index contributed by atoms with van der Waals surface area (Å²) in [5.74, 6) is 0.236. The molecule has 0 aliphatic carbocycles. The highest BCUT2D eigenvalue weighted by atomic mass is 19.4. The maximum absolute atomic E-state index is 13.0. The smallest absolute Gasteiger partial charge is 0.416 e. The fourth-order valence-electron chi connectivity index (χ4n) is 4.27. The van der Waals surface area contributed by atoms with Crippen molar-refractivity contribution in [2.24, 2.45) is 0 Å². The molecule has 1 aromatic heterocycles. The van der Waals surface area contributed by atoms with Crippen LogP contribution in [-0.2, 0) is 25.7 Å². The third kappa shape index (κ3) is 5.05. The van der Waals surface area contributed by atoms with Gasteiger partial charge in [0, 0.05) is 18.2 Å². The van der Waals surface area contributed by atoms with E-state index in [0.717, 1.165) is 40.9 Å². The zero-order valence-electron chi connectivity index (χ0n) is 19.7. The van der Waals surface area contributed by atoms with E-state index in [-0.39, 0.29) is 29.5 Å². The zero-order chi connectivity index (χ0) is 26.2. The van der Waals surface area contributed by atoms with Gasteiger partial charge in [-0.15, -0.1) is 0 Å². The standard InChI is InChI=1S/C28H20F3N3O3/c1-17-5-7-23-19(11-17)9-10-34-24(23)14-26(33-27(34)35)36-16-18-6-8-25(20(12-18)15-32)37-22-4-2-3-21(13-22)28(29,30)31/h2-8,11-14H,9-10,16H2,1H3. The molecule has 0 unspecified atom stereocenters. The normalized spacial score (nSPS) is 12.3. The molecule has 0 N–H and O–H groups in total. The summed E-state index contributed by atoms with van der Waals surface area (Å²) in [7, 11) is 0. The number of hydrogen-bond acceptors (Lipinski definition) is 5. The number of fused-ring (bicyclic) bond motifs is 3. The minimum Gasteiger partial charge on any atom is -0.473 e. The highest BCUT2D eigenvalue weighted by Gasteiger charge is 2.30. The molecule has 5 rings (SSSR count). The Kier molecular flexibility index (Phi) is 6.17. The van der Waals surface area contributed by atoms with E-state index >= 15 is 0 Å². The Bertz CT molecular complexity index is 1600. The number of aryl methyl sites for hydroxylation is 2. The first-order chi connectivity index (χ1) is 17.7. The molecule has 0 atom stereocenters. The van der Waals surface area contributed by atoms with Crippen molar-refractivity contribution in [3.63, 3.8) is 0 Å². The van der Waals surface area contributed by atoms with Crippen LogP contribution in [0.1, 0.15) is 27.8 Å². The summed E-state index contributed by atoms with van der Waals surface area (Å²) in [5, 5.41) is 9.56. The van der Waals surface area contributed by atoms with Gasteiger partial charge in [0.1, 0.15) is 24.2 Å². The van der Waals surface area contributed by atoms with Crippen LogP contribution in [-0.4, -0.2) is 9.55 Å². The molecule has 0 radical (unpaired) electrons. The number of nitriles is 1. The fourth-order valence-corrected chi connectivity index (χ4v) is 4.27. The molecule has 3 aromatic carbocycles. The van der Waals surface area contributed by atoms with Gasteiger partial charge >= 0.3 is 11.9 Å². The summed E-state index contributed by atoms with van der Waals surface area (Å²) in [6.45, 7) is 2.58. The lowest BCUT2D eigenvalue weighted by Gasteiger charge is -2.22. The van der Waals surface area contributed by atoms with E-state index in [1.165, 1.54) is 24.3 Å². The van der Waals surface area contributed by atoms with Crippen LogP contribution in [0.15, 0.2) is 71.5 Å². The Morgan fingerprint density at radius 2 is 1.92 bits per heavy atom. The lowest BCUT2D eigenvalue weighted by molar-refractivity contribution is -0.137. The second-order valence-corrected chi connectivity index (χ2v) is 8.68. The summed E-state index contributed by atoms with van der Waals surface area (Å²) >= 11 is 0. The van der Waals surface area contributed by atoms with Crippen LogP contribution < -0.4 is 15.2 Å². The summed E-state index contributed by atoms with van der Waals surface area (Å²) < 4.78 is 51.9. The first-order valence-corrected chi connectivity index (χ1v) is 11.4. The predicted molar refractivity (Wildman–Crippen MR) is 129 cm³/mol. The summed E-state index contributed by atoms with van der Waals surface area (Å²) in [6, 6.07) is 18.9. The molecule has 6 nitrogen and oxygen atoms in total. The number of rotatable bonds is 5. The van der Waals surface area contributed by atoms with Gasteiger partial charge in [0.25, 0.3) is 0 Å². The van der Waals surface area contributed by atoms with E-state index in [1.807, 2.05) is 25.1 Å². The minimum absolute atomic E-state index is 0.0230. The van der Waals surface area contributed by atoms with E-state index in [1.54, 1.807) is 16.7 Å². The van der Waals surface area contributed by atoms with Gasteiger partial charge in [-0.25, -0.2) is 4.79 Å².